The van der Waals surface area contributed by atoms with Crippen molar-refractivity contribution in [2.45, 2.75) is 71.4 Å². The predicted molar refractivity (Wildman–Crippen MR) is 123 cm³/mol. The molecule has 2 saturated heterocycles. The molecule has 0 aromatic carbocycles. The fraction of sp³-hybridized carbons (Fsp3) is 0.750. The van der Waals surface area contributed by atoms with E-state index >= 15 is 0 Å². The SMILES string of the molecule is COC(=O)CC(C)NC(=O)[C@@H]1CCCN(C(=O)/C=C/C2CCN(C(=O)OC(C)(C)C)CC2)C1. The molecule has 9 nitrogen and oxygen atoms in total. The number of ether oxygens (including phenoxy) is 2. The number of carbonyl (C=O) groups is 4. The first-order valence-corrected chi connectivity index (χ1v) is 11.8. The Balaban J connectivity index is 1.79. The van der Waals surface area contributed by atoms with Crippen molar-refractivity contribution in [3.8, 4) is 0 Å². The molecule has 1 unspecified atom stereocenters. The Bertz CT molecular complexity index is 737. The molecule has 186 valence electrons. The molecular weight excluding hydrogens is 426 g/mol. The van der Waals surface area contributed by atoms with Crippen molar-refractivity contribution in [3.05, 3.63) is 12.2 Å². The fourth-order valence-electron chi connectivity index (χ4n) is 4.06. The standard InChI is InChI=1S/C24H39N3O6/c1-17(15-21(29)32-5)25-22(30)19-7-6-12-27(16-19)20(28)9-8-18-10-13-26(14-11-18)23(31)33-24(2,3)4/h8-9,17-19H,6-7,10-16H2,1-5H3,(H,25,30)/b9-8+/t17?,19-/m1/s1. The van der Waals surface area contributed by atoms with Gasteiger partial charge in [-0.15, -0.1) is 0 Å². The van der Waals surface area contributed by atoms with Crippen LogP contribution in [0.4, 0.5) is 4.79 Å². The van der Waals surface area contributed by atoms with Crippen LogP contribution < -0.4 is 5.32 Å². The summed E-state index contributed by atoms with van der Waals surface area (Å²) in [5.74, 6) is -0.652. The molecule has 0 radical (unpaired) electrons. The van der Waals surface area contributed by atoms with Gasteiger partial charge in [-0.25, -0.2) is 4.79 Å². The molecule has 0 bridgehead atoms. The lowest BCUT2D eigenvalue weighted by Gasteiger charge is -2.33. The lowest BCUT2D eigenvalue weighted by atomic mass is 9.95. The van der Waals surface area contributed by atoms with Crippen LogP contribution in [0.3, 0.4) is 0 Å². The summed E-state index contributed by atoms with van der Waals surface area (Å²) in [6.45, 7) is 9.52. The molecule has 2 fully saturated rings. The van der Waals surface area contributed by atoms with Gasteiger partial charge in [0.1, 0.15) is 5.60 Å². The summed E-state index contributed by atoms with van der Waals surface area (Å²) in [5.41, 5.74) is -0.511. The highest BCUT2D eigenvalue weighted by atomic mass is 16.6. The molecule has 9 heteroatoms. The van der Waals surface area contributed by atoms with Crippen molar-refractivity contribution >= 4 is 23.9 Å². The van der Waals surface area contributed by atoms with Crippen LogP contribution in [0.2, 0.25) is 0 Å². The maximum absolute atomic E-state index is 12.7. The van der Waals surface area contributed by atoms with Crippen LogP contribution in [0.15, 0.2) is 12.2 Å². The molecule has 33 heavy (non-hydrogen) atoms. The zero-order chi connectivity index (χ0) is 24.6. The van der Waals surface area contributed by atoms with E-state index in [9.17, 15) is 19.2 Å². The quantitative estimate of drug-likeness (QED) is 0.477. The van der Waals surface area contributed by atoms with Crippen LogP contribution >= 0.6 is 0 Å². The van der Waals surface area contributed by atoms with Gasteiger partial charge >= 0.3 is 12.1 Å². The Morgan fingerprint density at radius 2 is 1.73 bits per heavy atom. The Morgan fingerprint density at radius 1 is 1.06 bits per heavy atom. The highest BCUT2D eigenvalue weighted by Crippen LogP contribution is 2.22. The predicted octanol–water partition coefficient (Wildman–Crippen LogP) is 2.50. The van der Waals surface area contributed by atoms with Gasteiger partial charge in [-0.05, 0) is 65.4 Å². The van der Waals surface area contributed by atoms with Gasteiger partial charge in [0.15, 0.2) is 0 Å². The number of nitrogens with zero attached hydrogens (tertiary/aromatic N) is 2. The number of hydrogen-bond donors (Lipinski definition) is 1. The van der Waals surface area contributed by atoms with E-state index < -0.39 is 5.60 Å². The molecule has 0 aromatic heterocycles. The Kier molecular flexibility index (Phi) is 9.73. The third-order valence-corrected chi connectivity index (χ3v) is 5.90. The van der Waals surface area contributed by atoms with Gasteiger partial charge < -0.3 is 24.6 Å². The molecule has 0 saturated carbocycles. The normalized spacial score (nSPS) is 20.9. The summed E-state index contributed by atoms with van der Waals surface area (Å²) in [7, 11) is 1.32. The van der Waals surface area contributed by atoms with Crippen LogP contribution in [0, 0.1) is 11.8 Å². The van der Waals surface area contributed by atoms with Crippen molar-refractivity contribution in [2.24, 2.45) is 11.8 Å². The van der Waals surface area contributed by atoms with E-state index in [1.165, 1.54) is 7.11 Å². The lowest BCUT2D eigenvalue weighted by molar-refractivity contribution is -0.141. The Labute approximate surface area is 196 Å². The third-order valence-electron chi connectivity index (χ3n) is 5.90. The Hall–Kier alpha value is -2.58. The molecule has 2 heterocycles. The van der Waals surface area contributed by atoms with Crippen LogP contribution in [0.25, 0.3) is 0 Å². The van der Waals surface area contributed by atoms with Gasteiger partial charge in [-0.1, -0.05) is 6.08 Å². The number of carbonyl (C=O) groups excluding carboxylic acids is 4. The maximum atomic E-state index is 12.7. The van der Waals surface area contributed by atoms with Gasteiger partial charge in [-0.3, -0.25) is 14.4 Å². The average Bonchev–Trinajstić information content (AvgIpc) is 2.76. The molecule has 0 spiro atoms. The van der Waals surface area contributed by atoms with Crippen LogP contribution in [0.5, 0.6) is 0 Å². The molecule has 0 aromatic rings. The summed E-state index contributed by atoms with van der Waals surface area (Å²) in [6, 6.07) is -0.317. The second kappa shape index (κ2) is 12.0. The van der Waals surface area contributed by atoms with E-state index in [2.05, 4.69) is 10.1 Å². The summed E-state index contributed by atoms with van der Waals surface area (Å²) in [6.07, 6.45) is 6.40. The molecule has 2 aliphatic heterocycles. The van der Waals surface area contributed by atoms with Gasteiger partial charge in [0.05, 0.1) is 19.4 Å². The lowest BCUT2D eigenvalue weighted by Crippen LogP contribution is -2.47. The number of hydrogen-bond acceptors (Lipinski definition) is 6. The number of methoxy groups -OCH3 is 1. The number of esters is 1. The summed E-state index contributed by atoms with van der Waals surface area (Å²) >= 11 is 0. The van der Waals surface area contributed by atoms with Crippen LogP contribution in [-0.4, -0.2) is 78.6 Å². The molecule has 0 aliphatic carbocycles. The third kappa shape index (κ3) is 9.06. The zero-order valence-electron chi connectivity index (χ0n) is 20.6. The van der Waals surface area contributed by atoms with Crippen molar-refractivity contribution in [1.29, 1.82) is 0 Å². The highest BCUT2D eigenvalue weighted by Gasteiger charge is 2.29. The van der Waals surface area contributed by atoms with Crippen molar-refractivity contribution in [1.82, 2.24) is 15.1 Å². The number of likely N-dealkylation sites (tertiary alicyclic amines) is 2. The summed E-state index contributed by atoms with van der Waals surface area (Å²) < 4.78 is 10.1. The van der Waals surface area contributed by atoms with Crippen molar-refractivity contribution < 1.29 is 28.7 Å². The first kappa shape index (κ1) is 26.7. The minimum Gasteiger partial charge on any atom is -0.469 e. The van der Waals surface area contributed by atoms with Crippen LogP contribution in [0.1, 0.15) is 59.8 Å². The van der Waals surface area contributed by atoms with Crippen molar-refractivity contribution in [3.63, 3.8) is 0 Å². The smallest absolute Gasteiger partial charge is 0.410 e. The number of piperidine rings is 2. The number of amides is 3. The Morgan fingerprint density at radius 3 is 2.33 bits per heavy atom. The average molecular weight is 466 g/mol. The molecule has 2 aliphatic rings. The topological polar surface area (TPSA) is 105 Å². The van der Waals surface area contributed by atoms with Gasteiger partial charge in [0, 0.05) is 32.2 Å². The van der Waals surface area contributed by atoms with Crippen molar-refractivity contribution in [2.75, 3.05) is 33.3 Å². The summed E-state index contributed by atoms with van der Waals surface area (Å²) in [4.78, 5) is 52.3. The zero-order valence-corrected chi connectivity index (χ0v) is 20.6. The van der Waals surface area contributed by atoms with E-state index in [1.54, 1.807) is 22.8 Å². The summed E-state index contributed by atoms with van der Waals surface area (Å²) in [5, 5.41) is 2.85. The number of nitrogens with one attached hydrogen (secondary N) is 1. The van der Waals surface area contributed by atoms with Gasteiger partial charge in [-0.2, -0.15) is 0 Å². The monoisotopic (exact) mass is 465 g/mol. The minimum atomic E-state index is -0.511. The molecular formula is C24H39N3O6. The molecule has 3 amide bonds. The number of allylic oxidation sites excluding steroid dienone is 1. The van der Waals surface area contributed by atoms with E-state index in [0.717, 1.165) is 19.3 Å². The first-order valence-electron chi connectivity index (χ1n) is 11.8. The fourth-order valence-corrected chi connectivity index (χ4v) is 4.06. The van der Waals surface area contributed by atoms with E-state index in [-0.39, 0.29) is 48.2 Å². The maximum Gasteiger partial charge on any atom is 0.410 e. The van der Waals surface area contributed by atoms with Gasteiger partial charge in [0.25, 0.3) is 0 Å². The van der Waals surface area contributed by atoms with Gasteiger partial charge in [0.2, 0.25) is 11.8 Å². The number of rotatable bonds is 6. The molecule has 2 rings (SSSR count). The molecule has 1 N–H and O–H groups in total. The molecule has 2 atom stereocenters. The first-order chi connectivity index (χ1) is 15.5. The van der Waals surface area contributed by atoms with Crippen LogP contribution in [-0.2, 0) is 23.9 Å². The highest BCUT2D eigenvalue weighted by molar-refractivity contribution is 5.88. The van der Waals surface area contributed by atoms with E-state index in [4.69, 9.17) is 4.74 Å². The second-order valence-electron chi connectivity index (χ2n) is 9.98. The van der Waals surface area contributed by atoms with E-state index in [1.807, 2.05) is 26.8 Å². The van der Waals surface area contributed by atoms with E-state index in [0.29, 0.717) is 32.6 Å². The largest absolute Gasteiger partial charge is 0.469 e. The second-order valence-corrected chi connectivity index (χ2v) is 9.98. The minimum absolute atomic E-state index is 0.0929.